The van der Waals surface area contributed by atoms with Gasteiger partial charge in [-0.2, -0.15) is 0 Å². The predicted octanol–water partition coefficient (Wildman–Crippen LogP) is 2.81. The Morgan fingerprint density at radius 3 is 2.63 bits per heavy atom. The van der Waals surface area contributed by atoms with E-state index in [1.165, 1.54) is 6.33 Å². The lowest BCUT2D eigenvalue weighted by Crippen LogP contribution is -2.30. The Hall–Kier alpha value is -1.69. The fourth-order valence-electron chi connectivity index (χ4n) is 3.39. The molecule has 0 saturated carbocycles. The first kappa shape index (κ1) is 18.7. The van der Waals surface area contributed by atoms with Crippen molar-refractivity contribution in [2.45, 2.75) is 35.4 Å². The van der Waals surface area contributed by atoms with Crippen molar-refractivity contribution in [1.29, 1.82) is 0 Å². The molecule has 27 heavy (non-hydrogen) atoms. The molecular formula is C18H16F2IN3O3. The van der Waals surface area contributed by atoms with Crippen molar-refractivity contribution in [2.24, 2.45) is 0 Å². The molecule has 0 bridgehead atoms. The van der Waals surface area contributed by atoms with Crippen LogP contribution in [-0.4, -0.2) is 40.9 Å². The van der Waals surface area contributed by atoms with Crippen LogP contribution in [0.2, 0.25) is 0 Å². The number of hydrogen-bond acceptors (Lipinski definition) is 5. The van der Waals surface area contributed by atoms with Gasteiger partial charge in [0.2, 0.25) is 0 Å². The average Bonchev–Trinajstić information content (AvgIpc) is 3.17. The highest BCUT2D eigenvalue weighted by Crippen LogP contribution is 2.41. The van der Waals surface area contributed by atoms with Crippen molar-refractivity contribution in [1.82, 2.24) is 14.5 Å². The number of nitrogens with zero attached hydrogens (tertiary/aromatic N) is 3. The molecule has 2 aromatic heterocycles. The van der Waals surface area contributed by atoms with E-state index < -0.39 is 40.1 Å². The summed E-state index contributed by atoms with van der Waals surface area (Å²) in [6.45, 7) is 1.85. The van der Waals surface area contributed by atoms with Crippen LogP contribution in [0.1, 0.15) is 23.6 Å². The summed E-state index contributed by atoms with van der Waals surface area (Å²) in [5.41, 5.74) is 1.45. The van der Waals surface area contributed by atoms with Gasteiger partial charge in [0.25, 0.3) is 0 Å². The Bertz CT molecular complexity index is 979. The molecular weight excluding hydrogens is 471 g/mol. The van der Waals surface area contributed by atoms with Gasteiger partial charge in [-0.05, 0) is 30.7 Å². The molecule has 3 aromatic rings. The topological polar surface area (TPSA) is 80.4 Å². The number of alkyl halides is 1. The summed E-state index contributed by atoms with van der Waals surface area (Å²) in [5.74, 6) is -1.57. The summed E-state index contributed by atoms with van der Waals surface area (Å²) in [6.07, 6.45) is -0.729. The van der Waals surface area contributed by atoms with Crippen LogP contribution in [0.4, 0.5) is 8.78 Å². The summed E-state index contributed by atoms with van der Waals surface area (Å²) >= 11 is 1.98. The zero-order valence-corrected chi connectivity index (χ0v) is 16.3. The van der Waals surface area contributed by atoms with Gasteiger partial charge in [-0.25, -0.2) is 18.7 Å². The standard InChI is InChI=1S/C18H16F2IN3O3/c1-8-12-2-3-24(17(12)23-7-22-8)18-15(26)13(21)16(27-18)14(25)9-4-10(19)6-11(20)5-9/h2-7,13-16,18,25-26H,1H3. The number of fused-ring (bicyclic) bond motifs is 1. The van der Waals surface area contributed by atoms with Crippen LogP contribution in [0.5, 0.6) is 0 Å². The number of aliphatic hydroxyl groups is 2. The van der Waals surface area contributed by atoms with E-state index in [-0.39, 0.29) is 5.56 Å². The zero-order valence-electron chi connectivity index (χ0n) is 14.1. The number of aliphatic hydroxyl groups excluding tert-OH is 2. The third-order valence-corrected chi connectivity index (χ3v) is 6.19. The highest BCUT2D eigenvalue weighted by molar-refractivity contribution is 14.1. The van der Waals surface area contributed by atoms with Crippen LogP contribution in [0.15, 0.2) is 36.8 Å². The van der Waals surface area contributed by atoms with Gasteiger partial charge in [0.15, 0.2) is 6.23 Å². The van der Waals surface area contributed by atoms with Crippen LogP contribution >= 0.6 is 22.6 Å². The number of rotatable bonds is 3. The molecule has 1 fully saturated rings. The molecule has 1 saturated heterocycles. The fourth-order valence-corrected chi connectivity index (χ4v) is 4.30. The number of ether oxygens (including phenoxy) is 1. The van der Waals surface area contributed by atoms with Gasteiger partial charge in [-0.15, -0.1) is 0 Å². The third kappa shape index (κ3) is 3.22. The van der Waals surface area contributed by atoms with E-state index in [1.807, 2.05) is 35.6 Å². The molecule has 4 rings (SSSR count). The quantitative estimate of drug-likeness (QED) is 0.439. The van der Waals surface area contributed by atoms with E-state index in [1.54, 1.807) is 10.8 Å². The second-order valence-corrected chi connectivity index (χ2v) is 7.93. The maximum atomic E-state index is 13.5. The Morgan fingerprint density at radius 2 is 1.93 bits per heavy atom. The minimum Gasteiger partial charge on any atom is -0.387 e. The second kappa shape index (κ2) is 7.04. The molecule has 0 radical (unpaired) electrons. The van der Waals surface area contributed by atoms with Gasteiger partial charge < -0.3 is 19.5 Å². The number of aromatic nitrogens is 3. The highest BCUT2D eigenvalue weighted by atomic mass is 127. The van der Waals surface area contributed by atoms with E-state index in [0.717, 1.165) is 29.3 Å². The SMILES string of the molecule is Cc1ncnc2c1ccn2C1OC(C(O)c2cc(F)cc(F)c2)C(I)C1O. The van der Waals surface area contributed by atoms with Crippen molar-refractivity contribution < 1.29 is 23.7 Å². The van der Waals surface area contributed by atoms with Gasteiger partial charge in [0.05, 0.1) is 9.62 Å². The lowest BCUT2D eigenvalue weighted by Gasteiger charge is -2.21. The largest absolute Gasteiger partial charge is 0.387 e. The molecule has 1 aliphatic rings. The molecule has 2 N–H and O–H groups in total. The second-order valence-electron chi connectivity index (χ2n) is 6.49. The molecule has 1 aliphatic heterocycles. The Morgan fingerprint density at radius 1 is 1.22 bits per heavy atom. The van der Waals surface area contributed by atoms with E-state index in [2.05, 4.69) is 9.97 Å². The molecule has 6 nitrogen and oxygen atoms in total. The van der Waals surface area contributed by atoms with Crippen LogP contribution < -0.4 is 0 Å². The number of halogens is 3. The number of aryl methyl sites for hydroxylation is 1. The fraction of sp³-hybridized carbons (Fsp3) is 0.333. The Kier molecular flexibility index (Phi) is 4.87. The molecule has 1 aromatic carbocycles. The normalized spacial score (nSPS) is 26.6. The van der Waals surface area contributed by atoms with Crippen molar-refractivity contribution in [3.8, 4) is 0 Å². The monoisotopic (exact) mass is 487 g/mol. The van der Waals surface area contributed by atoms with Crippen molar-refractivity contribution in [2.75, 3.05) is 0 Å². The molecule has 0 spiro atoms. The number of benzene rings is 1. The molecule has 3 heterocycles. The zero-order chi connectivity index (χ0) is 19.3. The lowest BCUT2D eigenvalue weighted by atomic mass is 10.0. The molecule has 0 aliphatic carbocycles. The first-order valence-electron chi connectivity index (χ1n) is 8.26. The third-order valence-electron chi connectivity index (χ3n) is 4.75. The molecule has 0 amide bonds. The van der Waals surface area contributed by atoms with E-state index in [0.29, 0.717) is 5.65 Å². The summed E-state index contributed by atoms with van der Waals surface area (Å²) in [7, 11) is 0. The summed E-state index contributed by atoms with van der Waals surface area (Å²) in [5, 5.41) is 22.1. The minimum atomic E-state index is -1.30. The van der Waals surface area contributed by atoms with Crippen molar-refractivity contribution in [3.63, 3.8) is 0 Å². The first-order valence-corrected chi connectivity index (χ1v) is 9.51. The van der Waals surface area contributed by atoms with Gasteiger partial charge in [0.1, 0.15) is 41.9 Å². The smallest absolute Gasteiger partial charge is 0.162 e. The Balaban J connectivity index is 1.67. The van der Waals surface area contributed by atoms with Crippen LogP contribution in [-0.2, 0) is 4.74 Å². The summed E-state index contributed by atoms with van der Waals surface area (Å²) in [4.78, 5) is 8.39. The van der Waals surface area contributed by atoms with Crippen LogP contribution in [0.25, 0.3) is 11.0 Å². The van der Waals surface area contributed by atoms with Gasteiger partial charge in [-0.3, -0.25) is 0 Å². The highest BCUT2D eigenvalue weighted by Gasteiger charge is 2.47. The van der Waals surface area contributed by atoms with Gasteiger partial charge >= 0.3 is 0 Å². The Labute approximate surface area is 167 Å². The van der Waals surface area contributed by atoms with Crippen LogP contribution in [0, 0.1) is 18.6 Å². The molecule has 5 unspecified atom stereocenters. The molecule has 142 valence electrons. The summed E-state index contributed by atoms with van der Waals surface area (Å²) in [6, 6.07) is 4.68. The predicted molar refractivity (Wildman–Crippen MR) is 101 cm³/mol. The van der Waals surface area contributed by atoms with Crippen LogP contribution in [0.3, 0.4) is 0 Å². The minimum absolute atomic E-state index is 0.0579. The molecule has 5 atom stereocenters. The number of hydrogen-bond donors (Lipinski definition) is 2. The van der Waals surface area contributed by atoms with Gasteiger partial charge in [-0.1, -0.05) is 22.6 Å². The maximum absolute atomic E-state index is 13.5. The van der Waals surface area contributed by atoms with E-state index in [4.69, 9.17) is 4.74 Å². The average molecular weight is 487 g/mol. The lowest BCUT2D eigenvalue weighted by molar-refractivity contribution is -0.0746. The van der Waals surface area contributed by atoms with E-state index >= 15 is 0 Å². The molecule has 9 heteroatoms. The first-order chi connectivity index (χ1) is 12.9. The van der Waals surface area contributed by atoms with Crippen molar-refractivity contribution >= 4 is 33.6 Å². The van der Waals surface area contributed by atoms with Gasteiger partial charge in [0, 0.05) is 17.6 Å². The maximum Gasteiger partial charge on any atom is 0.162 e. The van der Waals surface area contributed by atoms with E-state index in [9.17, 15) is 19.0 Å². The van der Waals surface area contributed by atoms with Crippen molar-refractivity contribution in [3.05, 3.63) is 59.7 Å². The summed E-state index contributed by atoms with van der Waals surface area (Å²) < 4.78 is 34.1.